The van der Waals surface area contributed by atoms with Gasteiger partial charge in [0.1, 0.15) is 6.04 Å². The van der Waals surface area contributed by atoms with E-state index in [9.17, 15) is 9.59 Å². The highest BCUT2D eigenvalue weighted by Gasteiger charge is 2.21. The van der Waals surface area contributed by atoms with E-state index in [0.29, 0.717) is 31.9 Å². The van der Waals surface area contributed by atoms with Crippen LogP contribution in [0.1, 0.15) is 32.6 Å². The maximum absolute atomic E-state index is 11.4. The molecule has 1 saturated carbocycles. The number of rotatable bonds is 9. The van der Waals surface area contributed by atoms with E-state index in [-0.39, 0.29) is 0 Å². The van der Waals surface area contributed by atoms with Crippen LogP contribution in [0.25, 0.3) is 0 Å². The Morgan fingerprint density at radius 3 is 2.72 bits per heavy atom. The molecule has 0 aromatic carbocycles. The minimum Gasteiger partial charge on any atom is -0.480 e. The van der Waals surface area contributed by atoms with Gasteiger partial charge in [-0.25, -0.2) is 9.59 Å². The van der Waals surface area contributed by atoms with Gasteiger partial charge in [-0.3, -0.25) is 0 Å². The van der Waals surface area contributed by atoms with Crippen LogP contribution >= 0.6 is 0 Å². The molecule has 1 fully saturated rings. The first-order valence-corrected chi connectivity index (χ1v) is 6.48. The van der Waals surface area contributed by atoms with Crippen molar-refractivity contribution in [3.63, 3.8) is 0 Å². The van der Waals surface area contributed by atoms with Gasteiger partial charge in [-0.05, 0) is 25.2 Å². The first kappa shape index (κ1) is 14.8. The van der Waals surface area contributed by atoms with Crippen molar-refractivity contribution < 1.29 is 19.4 Å². The fourth-order valence-corrected chi connectivity index (χ4v) is 1.53. The smallest absolute Gasteiger partial charge is 0.326 e. The Labute approximate surface area is 107 Å². The number of ether oxygens (including phenoxy) is 1. The summed E-state index contributed by atoms with van der Waals surface area (Å²) in [5.41, 5.74) is 0. The lowest BCUT2D eigenvalue weighted by Gasteiger charge is -2.14. The molecule has 2 amide bonds. The molecular weight excluding hydrogens is 236 g/mol. The van der Waals surface area contributed by atoms with Gasteiger partial charge in [-0.2, -0.15) is 0 Å². The van der Waals surface area contributed by atoms with Crippen LogP contribution in [-0.4, -0.2) is 42.9 Å². The van der Waals surface area contributed by atoms with Crippen LogP contribution in [0.4, 0.5) is 4.79 Å². The number of hydrogen-bond acceptors (Lipinski definition) is 3. The lowest BCUT2D eigenvalue weighted by Crippen LogP contribution is -2.46. The molecule has 1 rings (SSSR count). The third-order valence-electron chi connectivity index (χ3n) is 2.76. The second kappa shape index (κ2) is 7.92. The Hall–Kier alpha value is -1.30. The van der Waals surface area contributed by atoms with Crippen molar-refractivity contribution in [2.24, 2.45) is 5.92 Å². The lowest BCUT2D eigenvalue weighted by molar-refractivity contribution is -0.139. The third kappa shape index (κ3) is 6.44. The van der Waals surface area contributed by atoms with Crippen LogP contribution in [0, 0.1) is 5.92 Å². The zero-order valence-corrected chi connectivity index (χ0v) is 10.8. The molecule has 6 heteroatoms. The van der Waals surface area contributed by atoms with Gasteiger partial charge in [0.05, 0.1) is 6.61 Å². The largest absolute Gasteiger partial charge is 0.480 e. The molecule has 0 bridgehead atoms. The molecule has 0 unspecified atom stereocenters. The molecule has 0 spiro atoms. The number of carboxylic acid groups (broad SMARTS) is 1. The van der Waals surface area contributed by atoms with Crippen LogP contribution in [0.5, 0.6) is 0 Å². The molecule has 0 aliphatic heterocycles. The number of carboxylic acids is 1. The van der Waals surface area contributed by atoms with Gasteiger partial charge >= 0.3 is 12.0 Å². The number of nitrogens with one attached hydrogen (secondary N) is 2. The minimum atomic E-state index is -1.00. The summed E-state index contributed by atoms with van der Waals surface area (Å²) in [6, 6.07) is -1.27. The van der Waals surface area contributed by atoms with Crippen LogP contribution < -0.4 is 10.6 Å². The SMILES string of the molecule is CCC[C@@H](NC(=O)NCCOCC1CC1)C(=O)O. The molecule has 6 nitrogen and oxygen atoms in total. The van der Waals surface area contributed by atoms with E-state index in [1.165, 1.54) is 12.8 Å². The van der Waals surface area contributed by atoms with Crippen molar-refractivity contribution in [2.45, 2.75) is 38.6 Å². The monoisotopic (exact) mass is 258 g/mol. The number of carbonyl (C=O) groups excluding carboxylic acids is 1. The fourth-order valence-electron chi connectivity index (χ4n) is 1.53. The fraction of sp³-hybridized carbons (Fsp3) is 0.833. The van der Waals surface area contributed by atoms with Gasteiger partial charge < -0.3 is 20.5 Å². The molecule has 0 aromatic heterocycles. The maximum Gasteiger partial charge on any atom is 0.326 e. The lowest BCUT2D eigenvalue weighted by atomic mass is 10.2. The van der Waals surface area contributed by atoms with E-state index in [4.69, 9.17) is 9.84 Å². The van der Waals surface area contributed by atoms with Crippen LogP contribution in [0.15, 0.2) is 0 Å². The third-order valence-corrected chi connectivity index (χ3v) is 2.76. The van der Waals surface area contributed by atoms with Gasteiger partial charge in [0.15, 0.2) is 0 Å². The molecule has 3 N–H and O–H groups in total. The Kier molecular flexibility index (Phi) is 6.49. The van der Waals surface area contributed by atoms with Gasteiger partial charge in [-0.1, -0.05) is 13.3 Å². The summed E-state index contributed by atoms with van der Waals surface area (Å²) < 4.78 is 5.35. The molecule has 1 aliphatic carbocycles. The van der Waals surface area contributed by atoms with Crippen LogP contribution in [0.3, 0.4) is 0 Å². The van der Waals surface area contributed by atoms with Crippen molar-refractivity contribution in [1.29, 1.82) is 0 Å². The second-order valence-corrected chi connectivity index (χ2v) is 4.60. The quantitative estimate of drug-likeness (QED) is 0.538. The normalized spacial score (nSPS) is 16.1. The van der Waals surface area contributed by atoms with Crippen molar-refractivity contribution in [3.8, 4) is 0 Å². The number of carbonyl (C=O) groups is 2. The van der Waals surface area contributed by atoms with Crippen LogP contribution in [-0.2, 0) is 9.53 Å². The van der Waals surface area contributed by atoms with E-state index in [1.807, 2.05) is 6.92 Å². The Bertz CT molecular complexity index is 279. The van der Waals surface area contributed by atoms with Crippen LogP contribution in [0.2, 0.25) is 0 Å². The van der Waals surface area contributed by atoms with E-state index in [0.717, 1.165) is 6.61 Å². The molecule has 1 atom stereocenters. The Morgan fingerprint density at radius 1 is 1.44 bits per heavy atom. The topological polar surface area (TPSA) is 87.7 Å². The maximum atomic E-state index is 11.4. The minimum absolute atomic E-state index is 0.400. The van der Waals surface area contributed by atoms with E-state index >= 15 is 0 Å². The molecular formula is C12H22N2O4. The average Bonchev–Trinajstić information content (AvgIpc) is 3.12. The van der Waals surface area contributed by atoms with E-state index in [1.54, 1.807) is 0 Å². The summed E-state index contributed by atoms with van der Waals surface area (Å²) in [4.78, 5) is 22.2. The highest BCUT2D eigenvalue weighted by Crippen LogP contribution is 2.28. The van der Waals surface area contributed by atoms with E-state index < -0.39 is 18.0 Å². The Morgan fingerprint density at radius 2 is 2.17 bits per heavy atom. The predicted octanol–water partition coefficient (Wildman–Crippen LogP) is 0.965. The summed E-state index contributed by atoms with van der Waals surface area (Å²) in [6.07, 6.45) is 3.62. The zero-order chi connectivity index (χ0) is 13.4. The summed E-state index contributed by atoms with van der Waals surface area (Å²) >= 11 is 0. The summed E-state index contributed by atoms with van der Waals surface area (Å²) in [6.45, 7) is 3.50. The standard InChI is InChI=1S/C12H22N2O4/c1-2-3-10(11(15)16)14-12(17)13-6-7-18-8-9-4-5-9/h9-10H,2-8H2,1H3,(H,15,16)(H2,13,14,17)/t10-/m1/s1. The van der Waals surface area contributed by atoms with Gasteiger partial charge in [-0.15, -0.1) is 0 Å². The van der Waals surface area contributed by atoms with Gasteiger partial charge in [0, 0.05) is 13.2 Å². The first-order chi connectivity index (χ1) is 8.63. The first-order valence-electron chi connectivity index (χ1n) is 6.48. The second-order valence-electron chi connectivity index (χ2n) is 4.60. The van der Waals surface area contributed by atoms with Crippen molar-refractivity contribution in [1.82, 2.24) is 10.6 Å². The molecule has 104 valence electrons. The number of urea groups is 1. The van der Waals surface area contributed by atoms with E-state index in [2.05, 4.69) is 10.6 Å². The average molecular weight is 258 g/mol. The highest BCUT2D eigenvalue weighted by molar-refractivity contribution is 5.82. The van der Waals surface area contributed by atoms with Gasteiger partial charge in [0.25, 0.3) is 0 Å². The molecule has 0 heterocycles. The van der Waals surface area contributed by atoms with Crippen molar-refractivity contribution >= 4 is 12.0 Å². The van der Waals surface area contributed by atoms with Crippen molar-refractivity contribution in [2.75, 3.05) is 19.8 Å². The number of hydrogen-bond donors (Lipinski definition) is 3. The van der Waals surface area contributed by atoms with Gasteiger partial charge in [0.2, 0.25) is 0 Å². The number of aliphatic carboxylic acids is 1. The zero-order valence-electron chi connectivity index (χ0n) is 10.8. The Balaban J connectivity index is 2.04. The predicted molar refractivity (Wildman–Crippen MR) is 66.4 cm³/mol. The molecule has 1 aliphatic rings. The molecule has 18 heavy (non-hydrogen) atoms. The number of amides is 2. The summed E-state index contributed by atoms with van der Waals surface area (Å²) in [7, 11) is 0. The molecule has 0 aromatic rings. The van der Waals surface area contributed by atoms with Crippen molar-refractivity contribution in [3.05, 3.63) is 0 Å². The summed E-state index contributed by atoms with van der Waals surface area (Å²) in [5, 5.41) is 13.9. The highest BCUT2D eigenvalue weighted by atomic mass is 16.5. The molecule has 0 radical (unpaired) electrons. The summed E-state index contributed by atoms with van der Waals surface area (Å²) in [5.74, 6) is -0.295. The molecule has 0 saturated heterocycles.